The number of likely N-dealkylation sites (tertiary alicyclic amines) is 1. The molecule has 0 aromatic carbocycles. The van der Waals surface area contributed by atoms with Crippen LogP contribution in [0.5, 0.6) is 0 Å². The van der Waals surface area contributed by atoms with Gasteiger partial charge in [-0.2, -0.15) is 0 Å². The normalized spacial score (nSPS) is 28.6. The van der Waals surface area contributed by atoms with Gasteiger partial charge in [-0.05, 0) is 44.9 Å². The van der Waals surface area contributed by atoms with Crippen molar-refractivity contribution in [1.82, 2.24) is 10.2 Å². The molecule has 3 atom stereocenters. The molecule has 5 nitrogen and oxygen atoms in total. The predicted molar refractivity (Wildman–Crippen MR) is 76.5 cm³/mol. The van der Waals surface area contributed by atoms with Crippen molar-refractivity contribution in [2.24, 2.45) is 11.3 Å². The SMILES string of the molecule is CCC(C)(CNC(=O)N1CCCC2CCCC21)C(=O)O. The maximum atomic E-state index is 12.3. The van der Waals surface area contributed by atoms with E-state index in [0.717, 1.165) is 19.4 Å². The number of carboxylic acid groups (broad SMARTS) is 1. The summed E-state index contributed by atoms with van der Waals surface area (Å²) in [5.74, 6) is -0.191. The molecule has 1 aliphatic carbocycles. The second-order valence-electron chi connectivity index (χ2n) is 6.47. The van der Waals surface area contributed by atoms with E-state index < -0.39 is 11.4 Å². The van der Waals surface area contributed by atoms with Gasteiger partial charge in [0, 0.05) is 19.1 Å². The molecule has 1 saturated carbocycles. The molecule has 2 N–H and O–H groups in total. The third kappa shape index (κ3) is 2.91. The second-order valence-corrected chi connectivity index (χ2v) is 6.47. The van der Waals surface area contributed by atoms with Crippen LogP contribution >= 0.6 is 0 Å². The molecule has 0 aromatic rings. The lowest BCUT2D eigenvalue weighted by Gasteiger charge is -2.38. The number of nitrogens with zero attached hydrogens (tertiary/aromatic N) is 1. The number of carbonyl (C=O) groups is 2. The molecule has 1 heterocycles. The summed E-state index contributed by atoms with van der Waals surface area (Å²) < 4.78 is 0. The topological polar surface area (TPSA) is 69.6 Å². The predicted octanol–water partition coefficient (Wildman–Crippen LogP) is 2.46. The molecule has 0 aromatic heterocycles. The van der Waals surface area contributed by atoms with Crippen molar-refractivity contribution in [2.45, 2.75) is 58.4 Å². The lowest BCUT2D eigenvalue weighted by atomic mass is 9.87. The van der Waals surface area contributed by atoms with Crippen LogP contribution in [0, 0.1) is 11.3 Å². The molecule has 3 unspecified atom stereocenters. The number of piperidine rings is 1. The van der Waals surface area contributed by atoms with Crippen LogP contribution in [0.2, 0.25) is 0 Å². The molecule has 1 aliphatic heterocycles. The number of aliphatic carboxylic acids is 1. The number of carbonyl (C=O) groups excluding carboxylic acids is 1. The van der Waals surface area contributed by atoms with Crippen LogP contribution in [-0.4, -0.2) is 41.1 Å². The van der Waals surface area contributed by atoms with Crippen LogP contribution in [0.4, 0.5) is 4.79 Å². The molecule has 0 radical (unpaired) electrons. The van der Waals surface area contributed by atoms with Crippen molar-refractivity contribution >= 4 is 12.0 Å². The van der Waals surface area contributed by atoms with Gasteiger partial charge in [-0.15, -0.1) is 0 Å². The molecular weight excluding hydrogens is 256 g/mol. The summed E-state index contributed by atoms with van der Waals surface area (Å²) in [5, 5.41) is 12.1. The summed E-state index contributed by atoms with van der Waals surface area (Å²) in [4.78, 5) is 25.6. The lowest BCUT2D eigenvalue weighted by Crippen LogP contribution is -2.52. The second kappa shape index (κ2) is 6.02. The van der Waals surface area contributed by atoms with Gasteiger partial charge in [-0.3, -0.25) is 4.79 Å². The zero-order chi connectivity index (χ0) is 14.8. The van der Waals surface area contributed by atoms with E-state index in [-0.39, 0.29) is 12.6 Å². The Labute approximate surface area is 120 Å². The number of hydrogen-bond donors (Lipinski definition) is 2. The fourth-order valence-electron chi connectivity index (χ4n) is 3.43. The maximum Gasteiger partial charge on any atom is 0.317 e. The Hall–Kier alpha value is -1.26. The van der Waals surface area contributed by atoms with E-state index in [1.807, 2.05) is 11.8 Å². The first kappa shape index (κ1) is 15.1. The number of carboxylic acids is 1. The highest BCUT2D eigenvalue weighted by Gasteiger charge is 2.38. The van der Waals surface area contributed by atoms with Crippen molar-refractivity contribution < 1.29 is 14.7 Å². The van der Waals surface area contributed by atoms with Crippen LogP contribution in [0.25, 0.3) is 0 Å². The van der Waals surface area contributed by atoms with Gasteiger partial charge < -0.3 is 15.3 Å². The molecule has 114 valence electrons. The zero-order valence-corrected chi connectivity index (χ0v) is 12.5. The number of rotatable bonds is 4. The van der Waals surface area contributed by atoms with Crippen LogP contribution in [0.1, 0.15) is 52.4 Å². The first-order valence-corrected chi connectivity index (χ1v) is 7.76. The highest BCUT2D eigenvalue weighted by atomic mass is 16.4. The van der Waals surface area contributed by atoms with E-state index in [1.54, 1.807) is 6.92 Å². The number of fused-ring (bicyclic) bond motifs is 1. The van der Waals surface area contributed by atoms with Crippen molar-refractivity contribution in [3.8, 4) is 0 Å². The molecule has 20 heavy (non-hydrogen) atoms. The minimum absolute atomic E-state index is 0.0810. The van der Waals surface area contributed by atoms with Crippen LogP contribution in [0.3, 0.4) is 0 Å². The Morgan fingerprint density at radius 2 is 2.00 bits per heavy atom. The first-order chi connectivity index (χ1) is 9.48. The molecule has 0 bridgehead atoms. The summed E-state index contributed by atoms with van der Waals surface area (Å²) in [6.45, 7) is 4.53. The summed E-state index contributed by atoms with van der Waals surface area (Å²) in [6, 6.07) is 0.295. The summed E-state index contributed by atoms with van der Waals surface area (Å²) in [7, 11) is 0. The minimum atomic E-state index is -0.874. The van der Waals surface area contributed by atoms with E-state index in [0.29, 0.717) is 18.4 Å². The van der Waals surface area contributed by atoms with Crippen molar-refractivity contribution in [2.75, 3.05) is 13.1 Å². The molecular formula is C15H26N2O3. The average Bonchev–Trinajstić information content (AvgIpc) is 2.92. The number of hydrogen-bond acceptors (Lipinski definition) is 2. The van der Waals surface area contributed by atoms with Crippen molar-refractivity contribution in [3.63, 3.8) is 0 Å². The van der Waals surface area contributed by atoms with Crippen LogP contribution in [-0.2, 0) is 4.79 Å². The van der Waals surface area contributed by atoms with Gasteiger partial charge in [0.15, 0.2) is 0 Å². The van der Waals surface area contributed by atoms with Gasteiger partial charge >= 0.3 is 12.0 Å². The monoisotopic (exact) mass is 282 g/mol. The Bertz CT molecular complexity index is 385. The maximum absolute atomic E-state index is 12.3. The Morgan fingerprint density at radius 1 is 1.30 bits per heavy atom. The van der Waals surface area contributed by atoms with Crippen LogP contribution < -0.4 is 5.32 Å². The van der Waals surface area contributed by atoms with Crippen molar-refractivity contribution in [1.29, 1.82) is 0 Å². The smallest absolute Gasteiger partial charge is 0.317 e. The zero-order valence-electron chi connectivity index (χ0n) is 12.5. The molecule has 0 spiro atoms. The van der Waals surface area contributed by atoms with Crippen molar-refractivity contribution in [3.05, 3.63) is 0 Å². The highest BCUT2D eigenvalue weighted by molar-refractivity contribution is 5.78. The van der Waals surface area contributed by atoms with Gasteiger partial charge in [0.05, 0.1) is 5.41 Å². The summed E-state index contributed by atoms with van der Waals surface area (Å²) in [6.07, 6.45) is 6.35. The van der Waals surface area contributed by atoms with Gasteiger partial charge in [-0.1, -0.05) is 13.3 Å². The number of amides is 2. The quantitative estimate of drug-likeness (QED) is 0.832. The Balaban J connectivity index is 1.93. The molecule has 2 aliphatic rings. The fourth-order valence-corrected chi connectivity index (χ4v) is 3.43. The third-order valence-corrected chi connectivity index (χ3v) is 5.18. The van der Waals surface area contributed by atoms with E-state index in [4.69, 9.17) is 0 Å². The van der Waals surface area contributed by atoms with E-state index in [9.17, 15) is 14.7 Å². The third-order valence-electron chi connectivity index (χ3n) is 5.18. The van der Waals surface area contributed by atoms with E-state index in [2.05, 4.69) is 5.32 Å². The molecule has 2 rings (SSSR count). The van der Waals surface area contributed by atoms with Gasteiger partial charge in [0.25, 0.3) is 0 Å². The van der Waals surface area contributed by atoms with E-state index in [1.165, 1.54) is 19.3 Å². The van der Waals surface area contributed by atoms with Gasteiger partial charge in [0.2, 0.25) is 0 Å². The van der Waals surface area contributed by atoms with Gasteiger partial charge in [0.1, 0.15) is 0 Å². The summed E-state index contributed by atoms with van der Waals surface area (Å²) >= 11 is 0. The largest absolute Gasteiger partial charge is 0.481 e. The molecule has 5 heteroatoms. The van der Waals surface area contributed by atoms with Crippen LogP contribution in [0.15, 0.2) is 0 Å². The Morgan fingerprint density at radius 3 is 2.65 bits per heavy atom. The molecule has 1 saturated heterocycles. The molecule has 2 fully saturated rings. The summed E-state index contributed by atoms with van der Waals surface area (Å²) in [5.41, 5.74) is -0.874. The lowest BCUT2D eigenvalue weighted by molar-refractivity contribution is -0.147. The Kier molecular flexibility index (Phi) is 4.55. The standard InChI is InChI=1S/C15H26N2O3/c1-3-15(2,13(18)19)10-16-14(20)17-9-5-7-11-6-4-8-12(11)17/h11-12H,3-10H2,1-2H3,(H,16,20)(H,18,19). The first-order valence-electron chi connectivity index (χ1n) is 7.76. The number of nitrogens with one attached hydrogen (secondary N) is 1. The highest BCUT2D eigenvalue weighted by Crippen LogP contribution is 2.36. The van der Waals surface area contributed by atoms with Gasteiger partial charge in [-0.25, -0.2) is 4.79 Å². The number of urea groups is 1. The average molecular weight is 282 g/mol. The van der Waals surface area contributed by atoms with E-state index >= 15 is 0 Å². The molecule has 2 amide bonds. The minimum Gasteiger partial charge on any atom is -0.481 e. The fraction of sp³-hybridized carbons (Fsp3) is 0.867.